The number of nitrogens with zero attached hydrogens (tertiary/aromatic N) is 2. The summed E-state index contributed by atoms with van der Waals surface area (Å²) in [6.07, 6.45) is 0.714. The monoisotopic (exact) mass is 295 g/mol. The van der Waals surface area contributed by atoms with Crippen molar-refractivity contribution in [3.05, 3.63) is 47.2 Å². The molecule has 21 heavy (non-hydrogen) atoms. The fraction of sp³-hybridized carbons (Fsp3) is 0.400. The fourth-order valence-corrected chi connectivity index (χ4v) is 2.14. The highest BCUT2D eigenvalue weighted by Gasteiger charge is 2.14. The number of anilines is 1. The van der Waals surface area contributed by atoms with E-state index in [0.717, 1.165) is 17.6 Å². The Morgan fingerprint density at radius 2 is 2.10 bits per heavy atom. The predicted molar refractivity (Wildman–Crippen MR) is 77.2 cm³/mol. The van der Waals surface area contributed by atoms with Gasteiger partial charge in [-0.25, -0.2) is 8.78 Å². The van der Waals surface area contributed by atoms with Crippen molar-refractivity contribution < 1.29 is 13.5 Å². The second-order valence-corrected chi connectivity index (χ2v) is 4.92. The molecule has 1 unspecified atom stereocenters. The zero-order chi connectivity index (χ0) is 15.4. The number of ether oxygens (including phenoxy) is 1. The Bertz CT molecular complexity index is 613. The Labute approximate surface area is 122 Å². The van der Waals surface area contributed by atoms with E-state index >= 15 is 0 Å². The minimum atomic E-state index is -0.578. The van der Waals surface area contributed by atoms with Crippen molar-refractivity contribution in [2.75, 3.05) is 19.0 Å². The average molecular weight is 295 g/mol. The van der Waals surface area contributed by atoms with E-state index in [0.29, 0.717) is 18.6 Å². The van der Waals surface area contributed by atoms with Gasteiger partial charge in [-0.15, -0.1) is 0 Å². The molecule has 0 aliphatic carbocycles. The van der Waals surface area contributed by atoms with Crippen molar-refractivity contribution in [2.45, 2.75) is 19.4 Å². The first kappa shape index (κ1) is 15.4. The molecule has 1 heterocycles. The van der Waals surface area contributed by atoms with Gasteiger partial charge in [0.1, 0.15) is 17.5 Å². The third-order valence-electron chi connectivity index (χ3n) is 3.29. The van der Waals surface area contributed by atoms with E-state index in [2.05, 4.69) is 10.4 Å². The van der Waals surface area contributed by atoms with E-state index < -0.39 is 11.6 Å². The first-order chi connectivity index (χ1) is 10.0. The number of hydrogen-bond acceptors (Lipinski definition) is 3. The van der Waals surface area contributed by atoms with Crippen molar-refractivity contribution in [3.8, 4) is 0 Å². The maximum atomic E-state index is 13.8. The highest BCUT2D eigenvalue weighted by molar-refractivity contribution is 5.40. The zero-order valence-electron chi connectivity index (χ0n) is 12.4. The third-order valence-corrected chi connectivity index (χ3v) is 3.29. The summed E-state index contributed by atoms with van der Waals surface area (Å²) >= 11 is 0. The molecule has 0 saturated carbocycles. The van der Waals surface area contributed by atoms with Crippen LogP contribution in [0.3, 0.4) is 0 Å². The minimum absolute atomic E-state index is 0.295. The summed E-state index contributed by atoms with van der Waals surface area (Å²) in [4.78, 5) is 0. The average Bonchev–Trinajstić information content (AvgIpc) is 2.76. The molecule has 0 saturated heterocycles. The summed E-state index contributed by atoms with van der Waals surface area (Å²) in [7, 11) is 3.45. The Morgan fingerprint density at radius 1 is 1.33 bits per heavy atom. The van der Waals surface area contributed by atoms with Gasteiger partial charge in [0.2, 0.25) is 0 Å². The van der Waals surface area contributed by atoms with Gasteiger partial charge in [0.05, 0.1) is 18.3 Å². The molecule has 0 aliphatic heterocycles. The van der Waals surface area contributed by atoms with Gasteiger partial charge in [-0.05, 0) is 13.0 Å². The van der Waals surface area contributed by atoms with Gasteiger partial charge < -0.3 is 10.1 Å². The molecule has 0 spiro atoms. The zero-order valence-corrected chi connectivity index (χ0v) is 12.4. The van der Waals surface area contributed by atoms with E-state index in [9.17, 15) is 8.78 Å². The Kier molecular flexibility index (Phi) is 4.90. The second kappa shape index (κ2) is 6.67. The first-order valence-electron chi connectivity index (χ1n) is 6.74. The summed E-state index contributed by atoms with van der Waals surface area (Å²) in [5, 5.41) is 7.53. The van der Waals surface area contributed by atoms with Crippen LogP contribution in [0.15, 0.2) is 24.3 Å². The summed E-state index contributed by atoms with van der Waals surface area (Å²) < 4.78 is 33.4. The van der Waals surface area contributed by atoms with Crippen LogP contribution in [-0.4, -0.2) is 23.5 Å². The number of benzene rings is 1. The molecular weight excluding hydrogens is 276 g/mol. The Morgan fingerprint density at radius 3 is 2.76 bits per heavy atom. The molecule has 1 aromatic heterocycles. The summed E-state index contributed by atoms with van der Waals surface area (Å²) in [5.41, 5.74) is 1.31. The number of nitrogens with one attached hydrogen (secondary N) is 1. The molecule has 0 radical (unpaired) electrons. The molecule has 0 aliphatic rings. The van der Waals surface area contributed by atoms with Crippen molar-refractivity contribution in [2.24, 2.45) is 7.05 Å². The smallest absolute Gasteiger partial charge is 0.131 e. The number of halogens is 2. The second-order valence-electron chi connectivity index (χ2n) is 4.92. The van der Waals surface area contributed by atoms with Gasteiger partial charge in [0.15, 0.2) is 0 Å². The molecule has 6 heteroatoms. The number of hydrogen-bond donors (Lipinski definition) is 1. The van der Waals surface area contributed by atoms with Gasteiger partial charge in [-0.3, -0.25) is 4.68 Å². The lowest BCUT2D eigenvalue weighted by Gasteiger charge is -2.16. The highest BCUT2D eigenvalue weighted by atomic mass is 19.1. The van der Waals surface area contributed by atoms with Gasteiger partial charge in [-0.1, -0.05) is 6.07 Å². The van der Waals surface area contributed by atoms with E-state index in [1.807, 2.05) is 20.0 Å². The predicted octanol–water partition coefficient (Wildman–Crippen LogP) is 3.06. The number of rotatable bonds is 6. The SMILES string of the molecule is COCCc1cc(NC(C)c2ccc(F)cc2F)n(C)n1. The molecular formula is C15H19F2N3O. The van der Waals surface area contributed by atoms with E-state index in [1.165, 1.54) is 12.1 Å². The third kappa shape index (κ3) is 3.78. The Hall–Kier alpha value is -1.95. The normalized spacial score (nSPS) is 12.4. The van der Waals surface area contributed by atoms with Crippen LogP contribution >= 0.6 is 0 Å². The van der Waals surface area contributed by atoms with Crippen LogP contribution in [0.1, 0.15) is 24.2 Å². The molecule has 0 fully saturated rings. The molecule has 1 atom stereocenters. The van der Waals surface area contributed by atoms with Crippen molar-refractivity contribution in [1.29, 1.82) is 0 Å². The summed E-state index contributed by atoms with van der Waals surface area (Å²) in [5.74, 6) is -0.361. The highest BCUT2D eigenvalue weighted by Crippen LogP contribution is 2.22. The molecule has 1 N–H and O–H groups in total. The maximum absolute atomic E-state index is 13.8. The van der Waals surface area contributed by atoms with Crippen LogP contribution in [0.25, 0.3) is 0 Å². The molecule has 4 nitrogen and oxygen atoms in total. The lowest BCUT2D eigenvalue weighted by Crippen LogP contribution is -2.11. The van der Waals surface area contributed by atoms with Crippen LogP contribution in [0.4, 0.5) is 14.6 Å². The van der Waals surface area contributed by atoms with E-state index in [1.54, 1.807) is 11.8 Å². The van der Waals surface area contributed by atoms with Gasteiger partial charge >= 0.3 is 0 Å². The lowest BCUT2D eigenvalue weighted by atomic mass is 10.1. The minimum Gasteiger partial charge on any atom is -0.384 e. The van der Waals surface area contributed by atoms with Gasteiger partial charge in [0, 0.05) is 38.3 Å². The quantitative estimate of drug-likeness (QED) is 0.890. The van der Waals surface area contributed by atoms with Gasteiger partial charge in [0.25, 0.3) is 0 Å². The number of methoxy groups -OCH3 is 1. The fourth-order valence-electron chi connectivity index (χ4n) is 2.14. The molecule has 2 rings (SSSR count). The number of aryl methyl sites for hydroxylation is 1. The van der Waals surface area contributed by atoms with Crippen molar-refractivity contribution >= 4 is 5.82 Å². The number of aromatic nitrogens is 2. The first-order valence-corrected chi connectivity index (χ1v) is 6.74. The Balaban J connectivity index is 2.11. The molecule has 1 aromatic carbocycles. The van der Waals surface area contributed by atoms with Crippen LogP contribution in [0, 0.1) is 11.6 Å². The molecule has 0 bridgehead atoms. The van der Waals surface area contributed by atoms with E-state index in [4.69, 9.17) is 4.74 Å². The molecule has 0 amide bonds. The van der Waals surface area contributed by atoms with Crippen LogP contribution in [-0.2, 0) is 18.2 Å². The molecule has 114 valence electrons. The van der Waals surface area contributed by atoms with Crippen LogP contribution < -0.4 is 5.32 Å². The molecule has 2 aromatic rings. The van der Waals surface area contributed by atoms with Crippen LogP contribution in [0.5, 0.6) is 0 Å². The maximum Gasteiger partial charge on any atom is 0.131 e. The van der Waals surface area contributed by atoms with Crippen LogP contribution in [0.2, 0.25) is 0 Å². The van der Waals surface area contributed by atoms with Crippen molar-refractivity contribution in [3.63, 3.8) is 0 Å². The topological polar surface area (TPSA) is 39.1 Å². The van der Waals surface area contributed by atoms with Crippen molar-refractivity contribution in [1.82, 2.24) is 9.78 Å². The summed E-state index contributed by atoms with van der Waals surface area (Å²) in [6, 6.07) is 5.20. The largest absolute Gasteiger partial charge is 0.384 e. The van der Waals surface area contributed by atoms with E-state index in [-0.39, 0.29) is 6.04 Å². The standard InChI is InChI=1S/C15H19F2N3O/c1-10(13-5-4-11(16)8-14(13)17)18-15-9-12(6-7-21-3)19-20(15)2/h4-5,8-10,18H,6-7H2,1-3H3. The lowest BCUT2D eigenvalue weighted by molar-refractivity contribution is 0.201. The summed E-state index contributed by atoms with van der Waals surface area (Å²) in [6.45, 7) is 2.41. The van der Waals surface area contributed by atoms with Gasteiger partial charge in [-0.2, -0.15) is 5.10 Å².